The highest BCUT2D eigenvalue weighted by Crippen LogP contribution is 2.55. The van der Waals surface area contributed by atoms with E-state index in [1.807, 2.05) is 13.8 Å². The van der Waals surface area contributed by atoms with E-state index in [2.05, 4.69) is 23.9 Å². The van der Waals surface area contributed by atoms with Crippen LogP contribution in [0.2, 0.25) is 0 Å². The summed E-state index contributed by atoms with van der Waals surface area (Å²) in [6, 6.07) is 0.291. The van der Waals surface area contributed by atoms with Crippen molar-refractivity contribution in [2.45, 2.75) is 40.2 Å². The SMILES string of the molecule is CCCOP(=S)(NC=NC(C)C)SCC. The molecule has 0 bridgehead atoms. The fourth-order valence-corrected chi connectivity index (χ4v) is 5.09. The zero-order chi connectivity index (χ0) is 11.7. The molecule has 1 atom stereocenters. The second kappa shape index (κ2) is 8.57. The molecule has 0 saturated heterocycles. The molecule has 1 unspecified atom stereocenters. The van der Waals surface area contributed by atoms with Crippen LogP contribution >= 0.6 is 17.0 Å². The lowest BCUT2D eigenvalue weighted by Crippen LogP contribution is -2.10. The minimum Gasteiger partial charge on any atom is -0.326 e. The maximum atomic E-state index is 5.69. The fraction of sp³-hybridized carbons (Fsp3) is 0.889. The topological polar surface area (TPSA) is 33.6 Å². The molecule has 0 saturated carbocycles. The zero-order valence-electron chi connectivity index (χ0n) is 9.90. The highest BCUT2D eigenvalue weighted by Gasteiger charge is 2.15. The quantitative estimate of drug-likeness (QED) is 0.415. The van der Waals surface area contributed by atoms with E-state index in [1.54, 1.807) is 17.7 Å². The lowest BCUT2D eigenvalue weighted by atomic mass is 10.4. The Morgan fingerprint density at radius 3 is 2.67 bits per heavy atom. The van der Waals surface area contributed by atoms with Gasteiger partial charge in [-0.25, -0.2) is 0 Å². The molecule has 0 radical (unpaired) electrons. The summed E-state index contributed by atoms with van der Waals surface area (Å²) in [4.78, 5) is 4.23. The van der Waals surface area contributed by atoms with Crippen molar-refractivity contribution in [3.05, 3.63) is 0 Å². The summed E-state index contributed by atoms with van der Waals surface area (Å²) in [5.41, 5.74) is -1.94. The smallest absolute Gasteiger partial charge is 0.211 e. The van der Waals surface area contributed by atoms with Gasteiger partial charge >= 0.3 is 0 Å². The van der Waals surface area contributed by atoms with E-state index in [0.717, 1.165) is 12.2 Å². The Kier molecular flexibility index (Phi) is 8.81. The van der Waals surface area contributed by atoms with Gasteiger partial charge in [0.2, 0.25) is 5.62 Å². The second-order valence-electron chi connectivity index (χ2n) is 3.25. The van der Waals surface area contributed by atoms with Crippen LogP contribution in [0.3, 0.4) is 0 Å². The van der Waals surface area contributed by atoms with Crippen LogP contribution in [-0.4, -0.2) is 24.7 Å². The average Bonchev–Trinajstić information content (AvgIpc) is 2.15. The predicted octanol–water partition coefficient (Wildman–Crippen LogP) is 3.42. The summed E-state index contributed by atoms with van der Waals surface area (Å²) in [6.45, 7) is 8.94. The molecule has 1 N–H and O–H groups in total. The van der Waals surface area contributed by atoms with Crippen molar-refractivity contribution in [2.75, 3.05) is 12.4 Å². The Balaban J connectivity index is 4.18. The molecule has 15 heavy (non-hydrogen) atoms. The standard InChI is InChI=1S/C9H21N2OPS2/c1-5-7-12-13(14,15-6-2)11-8-10-9(3)4/h8-9H,5-7H2,1-4H3,(H,10,11,14). The lowest BCUT2D eigenvalue weighted by Gasteiger charge is -2.20. The minimum absolute atomic E-state index is 0.291. The third kappa shape index (κ3) is 8.26. The number of nitrogens with one attached hydrogen (secondary N) is 1. The van der Waals surface area contributed by atoms with Crippen molar-refractivity contribution in [2.24, 2.45) is 4.99 Å². The molecule has 0 aromatic heterocycles. The maximum Gasteiger partial charge on any atom is 0.211 e. The van der Waals surface area contributed by atoms with Gasteiger partial charge in [0, 0.05) is 6.04 Å². The van der Waals surface area contributed by atoms with Gasteiger partial charge < -0.3 is 9.61 Å². The van der Waals surface area contributed by atoms with Crippen LogP contribution in [0, 0.1) is 0 Å². The molecule has 0 fully saturated rings. The molecule has 0 heterocycles. The average molecular weight is 268 g/mol. The normalized spacial score (nSPS) is 15.8. The number of aliphatic imine (C=N–C) groups is 1. The van der Waals surface area contributed by atoms with Gasteiger partial charge in [0.1, 0.15) is 0 Å². The molecule has 0 aliphatic rings. The van der Waals surface area contributed by atoms with Gasteiger partial charge in [0.25, 0.3) is 0 Å². The fourth-order valence-electron chi connectivity index (χ4n) is 0.746. The molecule has 0 amide bonds. The van der Waals surface area contributed by atoms with Crippen LogP contribution < -0.4 is 5.09 Å². The molecule has 0 aromatic carbocycles. The van der Waals surface area contributed by atoms with E-state index in [4.69, 9.17) is 16.3 Å². The van der Waals surface area contributed by atoms with E-state index >= 15 is 0 Å². The number of rotatable bonds is 8. The molecule has 0 aliphatic carbocycles. The number of nitrogens with zero attached hydrogens (tertiary/aromatic N) is 1. The van der Waals surface area contributed by atoms with Gasteiger partial charge in [-0.05, 0) is 37.8 Å². The van der Waals surface area contributed by atoms with Gasteiger partial charge in [0.05, 0.1) is 12.9 Å². The van der Waals surface area contributed by atoms with Crippen LogP contribution in [-0.2, 0) is 16.3 Å². The van der Waals surface area contributed by atoms with E-state index < -0.39 is 5.62 Å². The molecule has 0 aliphatic heterocycles. The van der Waals surface area contributed by atoms with E-state index in [9.17, 15) is 0 Å². The summed E-state index contributed by atoms with van der Waals surface area (Å²) in [7, 11) is 0. The molecule has 3 nitrogen and oxygen atoms in total. The Hall–Kier alpha value is 0.430. The molecule has 0 aromatic rings. The minimum atomic E-state index is -1.94. The van der Waals surface area contributed by atoms with Crippen molar-refractivity contribution >= 4 is 35.1 Å². The van der Waals surface area contributed by atoms with Gasteiger partial charge in [-0.1, -0.05) is 25.2 Å². The van der Waals surface area contributed by atoms with Crippen molar-refractivity contribution < 1.29 is 4.52 Å². The van der Waals surface area contributed by atoms with Gasteiger partial charge in [0.15, 0.2) is 0 Å². The summed E-state index contributed by atoms with van der Waals surface area (Å²) >= 11 is 7.14. The Bertz CT molecular complexity index is 234. The lowest BCUT2D eigenvalue weighted by molar-refractivity contribution is 0.356. The Morgan fingerprint density at radius 1 is 1.53 bits per heavy atom. The zero-order valence-corrected chi connectivity index (χ0v) is 12.4. The van der Waals surface area contributed by atoms with Crippen LogP contribution in [0.1, 0.15) is 34.1 Å². The highest BCUT2D eigenvalue weighted by molar-refractivity contribution is 8.68. The third-order valence-corrected chi connectivity index (χ3v) is 6.91. The largest absolute Gasteiger partial charge is 0.326 e. The van der Waals surface area contributed by atoms with Crippen molar-refractivity contribution in [3.8, 4) is 0 Å². The van der Waals surface area contributed by atoms with Crippen LogP contribution in [0.25, 0.3) is 0 Å². The second-order valence-corrected chi connectivity index (χ2v) is 10.1. The summed E-state index contributed by atoms with van der Waals surface area (Å²) in [5.74, 6) is 0.962. The first-order valence-corrected chi connectivity index (χ1v) is 9.53. The monoisotopic (exact) mass is 268 g/mol. The molecule has 90 valence electrons. The van der Waals surface area contributed by atoms with E-state index in [0.29, 0.717) is 12.6 Å². The van der Waals surface area contributed by atoms with Gasteiger partial charge in [-0.3, -0.25) is 4.99 Å². The first-order valence-electron chi connectivity index (χ1n) is 5.22. The first kappa shape index (κ1) is 15.4. The van der Waals surface area contributed by atoms with Crippen LogP contribution in [0.15, 0.2) is 4.99 Å². The van der Waals surface area contributed by atoms with E-state index in [1.165, 1.54) is 0 Å². The first-order chi connectivity index (χ1) is 7.04. The van der Waals surface area contributed by atoms with E-state index in [-0.39, 0.29) is 0 Å². The van der Waals surface area contributed by atoms with Crippen LogP contribution in [0.4, 0.5) is 0 Å². The third-order valence-electron chi connectivity index (χ3n) is 1.35. The molecule has 0 rings (SSSR count). The summed E-state index contributed by atoms with van der Waals surface area (Å²) in [5, 5.41) is 3.14. The number of hydrogen-bond acceptors (Lipinski definition) is 4. The summed E-state index contributed by atoms with van der Waals surface area (Å²) < 4.78 is 5.69. The predicted molar refractivity (Wildman–Crippen MR) is 75.4 cm³/mol. The molecule has 6 heteroatoms. The van der Waals surface area contributed by atoms with Crippen molar-refractivity contribution in [3.63, 3.8) is 0 Å². The molecular weight excluding hydrogens is 247 g/mol. The van der Waals surface area contributed by atoms with Gasteiger partial charge in [-0.2, -0.15) is 0 Å². The molecular formula is C9H21N2OPS2. The maximum absolute atomic E-state index is 5.69. The Labute approximate surface area is 102 Å². The Morgan fingerprint density at radius 2 is 2.20 bits per heavy atom. The number of hydrogen-bond donors (Lipinski definition) is 1. The molecule has 0 spiro atoms. The van der Waals surface area contributed by atoms with Crippen LogP contribution in [0.5, 0.6) is 0 Å². The highest BCUT2D eigenvalue weighted by atomic mass is 32.9. The van der Waals surface area contributed by atoms with Gasteiger partial charge in [-0.15, -0.1) is 0 Å². The van der Waals surface area contributed by atoms with Crippen molar-refractivity contribution in [1.82, 2.24) is 5.09 Å². The van der Waals surface area contributed by atoms with Crippen molar-refractivity contribution in [1.29, 1.82) is 0 Å². The summed E-state index contributed by atoms with van der Waals surface area (Å²) in [6.07, 6.45) is 2.69.